The molecule has 1 aliphatic carbocycles. The summed E-state index contributed by atoms with van der Waals surface area (Å²) in [6.07, 6.45) is 4.08. The Kier molecular flexibility index (Phi) is 3.07. The molecule has 0 aromatic heterocycles. The number of amides is 1. The van der Waals surface area contributed by atoms with Crippen LogP contribution in [0.5, 0.6) is 0 Å². The number of hydrogen-bond acceptors (Lipinski definition) is 2. The third-order valence-electron chi connectivity index (χ3n) is 3.30. The molecular formula is C11H21NO2. The van der Waals surface area contributed by atoms with Gasteiger partial charge >= 0.3 is 6.09 Å². The van der Waals surface area contributed by atoms with Gasteiger partial charge in [-0.2, -0.15) is 0 Å². The van der Waals surface area contributed by atoms with Crippen LogP contribution in [0.25, 0.3) is 0 Å². The zero-order valence-corrected chi connectivity index (χ0v) is 9.64. The Balaban J connectivity index is 2.49. The molecule has 0 bridgehead atoms. The average Bonchev–Trinajstić information content (AvgIpc) is 2.11. The van der Waals surface area contributed by atoms with Gasteiger partial charge in [0, 0.05) is 5.54 Å². The average molecular weight is 199 g/mol. The van der Waals surface area contributed by atoms with Crippen LogP contribution < -0.4 is 5.32 Å². The highest BCUT2D eigenvalue weighted by Crippen LogP contribution is 2.39. The van der Waals surface area contributed by atoms with Crippen molar-refractivity contribution in [1.82, 2.24) is 5.32 Å². The minimum Gasteiger partial charge on any atom is -0.453 e. The molecule has 1 rings (SSSR count). The van der Waals surface area contributed by atoms with Crippen molar-refractivity contribution >= 4 is 6.09 Å². The summed E-state index contributed by atoms with van der Waals surface area (Å²) in [6, 6.07) is 0. The predicted octanol–water partition coefficient (Wildman–Crippen LogP) is 2.70. The van der Waals surface area contributed by atoms with E-state index in [4.69, 9.17) is 0 Å². The quantitative estimate of drug-likeness (QED) is 0.705. The Morgan fingerprint density at radius 3 is 2.07 bits per heavy atom. The second-order valence-electron chi connectivity index (χ2n) is 5.34. The first-order chi connectivity index (χ1) is 6.37. The van der Waals surface area contributed by atoms with Gasteiger partial charge in [-0.25, -0.2) is 4.79 Å². The van der Waals surface area contributed by atoms with Crippen molar-refractivity contribution in [2.45, 2.75) is 52.0 Å². The van der Waals surface area contributed by atoms with E-state index in [-0.39, 0.29) is 11.6 Å². The largest absolute Gasteiger partial charge is 0.453 e. The Labute approximate surface area is 86.2 Å². The Bertz CT molecular complexity index is 213. The molecule has 3 heteroatoms. The summed E-state index contributed by atoms with van der Waals surface area (Å²) in [6.45, 7) is 6.66. The van der Waals surface area contributed by atoms with Crippen molar-refractivity contribution in [2.24, 2.45) is 5.41 Å². The number of carbonyl (C=O) groups excluding carboxylic acids is 1. The fourth-order valence-electron chi connectivity index (χ4n) is 1.90. The first kappa shape index (κ1) is 11.3. The summed E-state index contributed by atoms with van der Waals surface area (Å²) in [5.74, 6) is 0. The van der Waals surface area contributed by atoms with Crippen molar-refractivity contribution in [2.75, 3.05) is 7.11 Å². The number of rotatable bonds is 1. The van der Waals surface area contributed by atoms with Gasteiger partial charge in [0.2, 0.25) is 0 Å². The van der Waals surface area contributed by atoms with E-state index in [2.05, 4.69) is 30.8 Å². The normalized spacial score (nSPS) is 24.0. The minimum atomic E-state index is -0.313. The summed E-state index contributed by atoms with van der Waals surface area (Å²) >= 11 is 0. The zero-order chi connectivity index (χ0) is 10.8. The lowest BCUT2D eigenvalue weighted by molar-refractivity contribution is 0.121. The Morgan fingerprint density at radius 1 is 1.14 bits per heavy atom. The lowest BCUT2D eigenvalue weighted by Crippen LogP contribution is -2.49. The van der Waals surface area contributed by atoms with E-state index in [1.807, 2.05) is 0 Å². The molecule has 0 unspecified atom stereocenters. The Morgan fingerprint density at radius 2 is 1.64 bits per heavy atom. The van der Waals surface area contributed by atoms with Gasteiger partial charge in [-0.3, -0.25) is 0 Å². The fraction of sp³-hybridized carbons (Fsp3) is 0.909. The Hall–Kier alpha value is -0.730. The van der Waals surface area contributed by atoms with E-state index < -0.39 is 0 Å². The van der Waals surface area contributed by atoms with Crippen molar-refractivity contribution in [3.8, 4) is 0 Å². The topological polar surface area (TPSA) is 38.3 Å². The van der Waals surface area contributed by atoms with Crippen LogP contribution in [-0.4, -0.2) is 18.7 Å². The highest BCUT2D eigenvalue weighted by molar-refractivity contribution is 5.68. The molecule has 14 heavy (non-hydrogen) atoms. The lowest BCUT2D eigenvalue weighted by Gasteiger charge is -2.41. The number of hydrogen-bond donors (Lipinski definition) is 1. The lowest BCUT2D eigenvalue weighted by atomic mass is 9.70. The van der Waals surface area contributed by atoms with Crippen LogP contribution >= 0.6 is 0 Å². The van der Waals surface area contributed by atoms with Gasteiger partial charge in [-0.1, -0.05) is 13.8 Å². The molecule has 0 saturated heterocycles. The van der Waals surface area contributed by atoms with E-state index >= 15 is 0 Å². The molecule has 1 aliphatic rings. The van der Waals surface area contributed by atoms with E-state index in [9.17, 15) is 4.79 Å². The van der Waals surface area contributed by atoms with Crippen molar-refractivity contribution in [3.05, 3.63) is 0 Å². The highest BCUT2D eigenvalue weighted by atomic mass is 16.5. The second-order valence-corrected chi connectivity index (χ2v) is 5.34. The number of ether oxygens (including phenoxy) is 1. The molecule has 0 spiro atoms. The first-order valence-corrected chi connectivity index (χ1v) is 5.23. The van der Waals surface area contributed by atoms with Gasteiger partial charge in [0.25, 0.3) is 0 Å². The van der Waals surface area contributed by atoms with Crippen LogP contribution in [0.2, 0.25) is 0 Å². The van der Waals surface area contributed by atoms with E-state index in [1.165, 1.54) is 7.11 Å². The molecule has 0 aromatic carbocycles. The van der Waals surface area contributed by atoms with Crippen molar-refractivity contribution in [3.63, 3.8) is 0 Å². The van der Waals surface area contributed by atoms with Crippen LogP contribution in [0.4, 0.5) is 4.79 Å². The number of nitrogens with one attached hydrogen (secondary N) is 1. The van der Waals surface area contributed by atoms with Crippen LogP contribution in [0.3, 0.4) is 0 Å². The molecule has 82 valence electrons. The zero-order valence-electron chi connectivity index (χ0n) is 9.64. The number of methoxy groups -OCH3 is 1. The third-order valence-corrected chi connectivity index (χ3v) is 3.30. The molecule has 0 aliphatic heterocycles. The van der Waals surface area contributed by atoms with E-state index in [0.29, 0.717) is 5.41 Å². The van der Waals surface area contributed by atoms with Gasteiger partial charge < -0.3 is 10.1 Å². The molecular weight excluding hydrogens is 178 g/mol. The van der Waals surface area contributed by atoms with Crippen molar-refractivity contribution in [1.29, 1.82) is 0 Å². The predicted molar refractivity (Wildman–Crippen MR) is 56.2 cm³/mol. The molecule has 0 heterocycles. The molecule has 1 N–H and O–H groups in total. The molecule has 0 aromatic rings. The van der Waals surface area contributed by atoms with E-state index in [1.54, 1.807) is 0 Å². The minimum absolute atomic E-state index is 0.0669. The van der Waals surface area contributed by atoms with Gasteiger partial charge in [0.1, 0.15) is 0 Å². The summed E-state index contributed by atoms with van der Waals surface area (Å²) in [5.41, 5.74) is 0.361. The van der Waals surface area contributed by atoms with Crippen LogP contribution in [0.15, 0.2) is 0 Å². The molecule has 1 fully saturated rings. The van der Waals surface area contributed by atoms with Crippen molar-refractivity contribution < 1.29 is 9.53 Å². The van der Waals surface area contributed by atoms with Crippen LogP contribution in [-0.2, 0) is 4.74 Å². The van der Waals surface area contributed by atoms with Gasteiger partial charge in [0.05, 0.1) is 7.11 Å². The number of carbonyl (C=O) groups is 1. The molecule has 1 saturated carbocycles. The molecule has 0 radical (unpaired) electrons. The van der Waals surface area contributed by atoms with E-state index in [0.717, 1.165) is 25.7 Å². The first-order valence-electron chi connectivity index (χ1n) is 5.23. The van der Waals surface area contributed by atoms with Gasteiger partial charge in [-0.15, -0.1) is 0 Å². The summed E-state index contributed by atoms with van der Waals surface area (Å²) in [4.78, 5) is 11.1. The van der Waals surface area contributed by atoms with Crippen LogP contribution in [0, 0.1) is 5.41 Å². The second kappa shape index (κ2) is 3.79. The summed E-state index contributed by atoms with van der Waals surface area (Å²) in [5, 5.41) is 2.92. The molecule has 1 amide bonds. The third kappa shape index (κ3) is 2.89. The van der Waals surface area contributed by atoms with Gasteiger partial charge in [0.15, 0.2) is 0 Å². The summed E-state index contributed by atoms with van der Waals surface area (Å²) in [7, 11) is 1.41. The van der Waals surface area contributed by atoms with Crippen LogP contribution in [0.1, 0.15) is 46.5 Å². The SMILES string of the molecule is COC(=O)NC1(C)CCC(C)(C)CC1. The maximum absolute atomic E-state index is 11.1. The standard InChI is InChI=1S/C11H21NO2/c1-10(2)5-7-11(3,8-6-10)12-9(13)14-4/h5-8H2,1-4H3,(H,12,13). The maximum Gasteiger partial charge on any atom is 0.407 e. The molecule has 3 nitrogen and oxygen atoms in total. The van der Waals surface area contributed by atoms with Gasteiger partial charge in [-0.05, 0) is 38.0 Å². The highest BCUT2D eigenvalue weighted by Gasteiger charge is 2.35. The monoisotopic (exact) mass is 199 g/mol. The number of alkyl carbamates (subject to hydrolysis) is 1. The maximum atomic E-state index is 11.1. The smallest absolute Gasteiger partial charge is 0.407 e. The summed E-state index contributed by atoms with van der Waals surface area (Å²) < 4.78 is 4.62. The fourth-order valence-corrected chi connectivity index (χ4v) is 1.90. The molecule has 0 atom stereocenters.